The van der Waals surface area contributed by atoms with Gasteiger partial charge in [-0.2, -0.15) is 0 Å². The van der Waals surface area contributed by atoms with Crippen LogP contribution >= 0.6 is 0 Å². The molecule has 23 heavy (non-hydrogen) atoms. The van der Waals surface area contributed by atoms with Crippen LogP contribution in [0.25, 0.3) is 0 Å². The van der Waals surface area contributed by atoms with E-state index in [0.29, 0.717) is 22.6 Å². The SMILES string of the molecule is C/C=C/C(=O)Oc1cccc([C@H]2NC(=O)c3ccccc3O2)c1. The van der Waals surface area contributed by atoms with Gasteiger partial charge in [0.25, 0.3) is 5.91 Å². The number of ether oxygens (including phenoxy) is 2. The van der Waals surface area contributed by atoms with E-state index >= 15 is 0 Å². The number of amides is 1. The molecule has 0 fully saturated rings. The van der Waals surface area contributed by atoms with Crippen LogP contribution in [0.15, 0.2) is 60.7 Å². The van der Waals surface area contributed by atoms with Gasteiger partial charge in [0.1, 0.15) is 11.5 Å². The molecule has 0 radical (unpaired) electrons. The largest absolute Gasteiger partial charge is 0.466 e. The molecular formula is C18H15NO4. The standard InChI is InChI=1S/C18H15NO4/c1-2-6-16(20)22-13-8-5-7-12(11-13)18-19-17(21)14-9-3-4-10-15(14)23-18/h2-11,18H,1H3,(H,19,21)/b6-2+/t18-/m0/s1. The maximum Gasteiger partial charge on any atom is 0.335 e. The second kappa shape index (κ2) is 6.36. The Kier molecular flexibility index (Phi) is 4.10. The van der Waals surface area contributed by atoms with Gasteiger partial charge < -0.3 is 14.8 Å². The molecule has 116 valence electrons. The van der Waals surface area contributed by atoms with E-state index in [0.717, 1.165) is 0 Å². The van der Waals surface area contributed by atoms with Crippen LogP contribution < -0.4 is 14.8 Å². The Morgan fingerprint density at radius 1 is 1.22 bits per heavy atom. The second-order valence-electron chi connectivity index (χ2n) is 4.96. The third-order valence-corrected chi connectivity index (χ3v) is 3.32. The smallest absolute Gasteiger partial charge is 0.335 e. The Hall–Kier alpha value is -3.08. The zero-order chi connectivity index (χ0) is 16.2. The highest BCUT2D eigenvalue weighted by molar-refractivity contribution is 5.98. The van der Waals surface area contributed by atoms with Gasteiger partial charge in [0.2, 0.25) is 0 Å². The summed E-state index contributed by atoms with van der Waals surface area (Å²) in [6, 6.07) is 13.9. The van der Waals surface area contributed by atoms with Crippen molar-refractivity contribution < 1.29 is 19.1 Å². The van der Waals surface area contributed by atoms with Crippen molar-refractivity contribution in [2.24, 2.45) is 0 Å². The van der Waals surface area contributed by atoms with E-state index in [1.807, 2.05) is 6.07 Å². The van der Waals surface area contributed by atoms with E-state index in [1.54, 1.807) is 55.5 Å². The Morgan fingerprint density at radius 3 is 2.87 bits per heavy atom. The molecule has 2 aromatic carbocycles. The van der Waals surface area contributed by atoms with Crippen LogP contribution in [0.2, 0.25) is 0 Å². The number of para-hydroxylation sites is 1. The topological polar surface area (TPSA) is 64.6 Å². The molecule has 0 bridgehead atoms. The molecule has 2 aromatic rings. The van der Waals surface area contributed by atoms with Crippen LogP contribution in [0, 0.1) is 0 Å². The van der Waals surface area contributed by atoms with Crippen molar-refractivity contribution in [2.45, 2.75) is 13.2 Å². The average Bonchev–Trinajstić information content (AvgIpc) is 2.55. The minimum Gasteiger partial charge on any atom is -0.466 e. The Morgan fingerprint density at radius 2 is 2.04 bits per heavy atom. The van der Waals surface area contributed by atoms with Gasteiger partial charge in [-0.25, -0.2) is 4.79 Å². The molecule has 0 aliphatic carbocycles. The molecule has 0 spiro atoms. The molecule has 0 saturated heterocycles. The fraction of sp³-hybridized carbons (Fsp3) is 0.111. The average molecular weight is 309 g/mol. The molecular weight excluding hydrogens is 294 g/mol. The van der Waals surface area contributed by atoms with Crippen molar-refractivity contribution in [1.82, 2.24) is 5.32 Å². The number of nitrogens with one attached hydrogen (secondary N) is 1. The summed E-state index contributed by atoms with van der Waals surface area (Å²) in [6.45, 7) is 1.74. The van der Waals surface area contributed by atoms with Crippen molar-refractivity contribution in [3.8, 4) is 11.5 Å². The second-order valence-corrected chi connectivity index (χ2v) is 4.96. The Balaban J connectivity index is 1.83. The summed E-state index contributed by atoms with van der Waals surface area (Å²) < 4.78 is 11.0. The summed E-state index contributed by atoms with van der Waals surface area (Å²) in [5.41, 5.74) is 1.19. The van der Waals surface area contributed by atoms with E-state index < -0.39 is 12.2 Å². The molecule has 5 heteroatoms. The highest BCUT2D eigenvalue weighted by atomic mass is 16.5. The first-order valence-electron chi connectivity index (χ1n) is 7.18. The summed E-state index contributed by atoms with van der Waals surface area (Å²) in [7, 11) is 0. The zero-order valence-electron chi connectivity index (χ0n) is 12.5. The van der Waals surface area contributed by atoms with Crippen LogP contribution in [0.3, 0.4) is 0 Å². The van der Waals surface area contributed by atoms with Crippen LogP contribution in [0.5, 0.6) is 11.5 Å². The lowest BCUT2D eigenvalue weighted by atomic mass is 10.1. The maximum atomic E-state index is 12.1. The summed E-state index contributed by atoms with van der Waals surface area (Å²) in [5, 5.41) is 2.78. The van der Waals surface area contributed by atoms with E-state index in [2.05, 4.69) is 5.32 Å². The van der Waals surface area contributed by atoms with Gasteiger partial charge >= 0.3 is 5.97 Å². The molecule has 0 unspecified atom stereocenters. The monoisotopic (exact) mass is 309 g/mol. The molecule has 1 N–H and O–H groups in total. The first kappa shape index (κ1) is 14.8. The molecule has 1 amide bonds. The van der Waals surface area contributed by atoms with Gasteiger partial charge in [0, 0.05) is 11.6 Å². The number of benzene rings is 2. The maximum absolute atomic E-state index is 12.1. The third-order valence-electron chi connectivity index (χ3n) is 3.32. The lowest BCUT2D eigenvalue weighted by molar-refractivity contribution is -0.129. The van der Waals surface area contributed by atoms with Gasteiger partial charge in [0.05, 0.1) is 5.56 Å². The Labute approximate surface area is 133 Å². The first-order chi connectivity index (χ1) is 11.2. The van der Waals surface area contributed by atoms with Gasteiger partial charge in [-0.15, -0.1) is 0 Å². The lowest BCUT2D eigenvalue weighted by Gasteiger charge is -2.27. The van der Waals surface area contributed by atoms with E-state index in [4.69, 9.17) is 9.47 Å². The number of hydrogen-bond donors (Lipinski definition) is 1. The number of carbonyl (C=O) groups is 2. The zero-order valence-corrected chi connectivity index (χ0v) is 12.5. The normalized spacial score (nSPS) is 16.4. The molecule has 1 heterocycles. The molecule has 0 saturated carbocycles. The summed E-state index contributed by atoms with van der Waals surface area (Å²) >= 11 is 0. The minimum absolute atomic E-state index is 0.201. The van der Waals surface area contributed by atoms with Crippen molar-refractivity contribution in [2.75, 3.05) is 0 Å². The van der Waals surface area contributed by atoms with E-state index in [9.17, 15) is 9.59 Å². The molecule has 3 rings (SSSR count). The molecule has 0 aromatic heterocycles. The predicted octanol–water partition coefficient (Wildman–Crippen LogP) is 2.99. The quantitative estimate of drug-likeness (QED) is 0.538. The third kappa shape index (κ3) is 3.23. The lowest BCUT2D eigenvalue weighted by Crippen LogP contribution is -2.36. The van der Waals surface area contributed by atoms with Crippen molar-refractivity contribution in [3.05, 3.63) is 71.8 Å². The summed E-state index contributed by atoms with van der Waals surface area (Å²) in [6.07, 6.45) is 2.31. The first-order valence-corrected chi connectivity index (χ1v) is 7.18. The Bertz CT molecular complexity index is 782. The summed E-state index contributed by atoms with van der Waals surface area (Å²) in [5.74, 6) is 0.261. The highest BCUT2D eigenvalue weighted by Crippen LogP contribution is 2.30. The number of rotatable bonds is 3. The van der Waals surface area contributed by atoms with Gasteiger partial charge in [-0.05, 0) is 31.2 Å². The molecule has 5 nitrogen and oxygen atoms in total. The number of esters is 1. The fourth-order valence-electron chi connectivity index (χ4n) is 2.29. The van der Waals surface area contributed by atoms with Gasteiger partial charge in [-0.3, -0.25) is 4.79 Å². The predicted molar refractivity (Wildman–Crippen MR) is 84.2 cm³/mol. The van der Waals surface area contributed by atoms with Crippen molar-refractivity contribution in [1.29, 1.82) is 0 Å². The fourth-order valence-corrected chi connectivity index (χ4v) is 2.29. The van der Waals surface area contributed by atoms with Crippen LogP contribution in [-0.4, -0.2) is 11.9 Å². The number of hydrogen-bond acceptors (Lipinski definition) is 4. The minimum atomic E-state index is -0.627. The van der Waals surface area contributed by atoms with Crippen molar-refractivity contribution in [3.63, 3.8) is 0 Å². The van der Waals surface area contributed by atoms with Gasteiger partial charge in [-0.1, -0.05) is 30.3 Å². The van der Waals surface area contributed by atoms with Crippen LogP contribution in [0.4, 0.5) is 0 Å². The molecule has 1 aliphatic heterocycles. The van der Waals surface area contributed by atoms with Crippen LogP contribution in [-0.2, 0) is 4.79 Å². The van der Waals surface area contributed by atoms with Crippen molar-refractivity contribution >= 4 is 11.9 Å². The van der Waals surface area contributed by atoms with E-state index in [-0.39, 0.29) is 5.91 Å². The number of fused-ring (bicyclic) bond motifs is 1. The molecule has 1 aliphatic rings. The summed E-state index contributed by atoms with van der Waals surface area (Å²) in [4.78, 5) is 23.6. The van der Waals surface area contributed by atoms with E-state index in [1.165, 1.54) is 6.08 Å². The molecule has 1 atom stereocenters. The highest BCUT2D eigenvalue weighted by Gasteiger charge is 2.26. The van der Waals surface area contributed by atoms with Crippen LogP contribution in [0.1, 0.15) is 29.1 Å². The van der Waals surface area contributed by atoms with Gasteiger partial charge in [0.15, 0.2) is 6.23 Å². The number of carbonyl (C=O) groups excluding carboxylic acids is 2. The number of allylic oxidation sites excluding steroid dienone is 1.